The van der Waals surface area contributed by atoms with Crippen LogP contribution in [0.2, 0.25) is 0 Å². The molecule has 0 spiro atoms. The highest BCUT2D eigenvalue weighted by Gasteiger charge is 2.19. The van der Waals surface area contributed by atoms with E-state index in [1.165, 1.54) is 6.08 Å². The Morgan fingerprint density at radius 2 is 0.757 bits per heavy atom. The molecule has 0 saturated carbocycles. The molecule has 0 aliphatic rings. The molecule has 0 heterocycles. The third-order valence-corrected chi connectivity index (χ3v) is 5.50. The summed E-state index contributed by atoms with van der Waals surface area (Å²) in [6.45, 7) is 9.93. The van der Waals surface area contributed by atoms with Crippen molar-refractivity contribution in [3.8, 4) is 0 Å². The minimum atomic E-state index is -4.24. The Labute approximate surface area is 220 Å². The van der Waals surface area contributed by atoms with Crippen LogP contribution in [0.3, 0.4) is 0 Å². The van der Waals surface area contributed by atoms with E-state index in [-0.39, 0.29) is 18.5 Å². The van der Waals surface area contributed by atoms with Crippen LogP contribution in [0.25, 0.3) is 0 Å². The van der Waals surface area contributed by atoms with Crippen LogP contribution in [0.1, 0.15) is 6.92 Å². The van der Waals surface area contributed by atoms with Crippen LogP contribution in [0.15, 0.2) is 11.4 Å². The molecular weight excluding hydrogens is 515 g/mol. The summed E-state index contributed by atoms with van der Waals surface area (Å²) in [6, 6.07) is 0. The van der Waals surface area contributed by atoms with Crippen LogP contribution in [0.5, 0.6) is 0 Å². The highest BCUT2D eigenvalue weighted by molar-refractivity contribution is 7.56. The summed E-state index contributed by atoms with van der Waals surface area (Å²) in [5.41, 5.74) is 0. The summed E-state index contributed by atoms with van der Waals surface area (Å²) in [5.74, 6) is 0. The van der Waals surface area contributed by atoms with Gasteiger partial charge in [-0.15, -0.1) is 0 Å². The maximum atomic E-state index is 11.1. The van der Waals surface area contributed by atoms with Gasteiger partial charge in [0.05, 0.1) is 131 Å². The van der Waals surface area contributed by atoms with E-state index in [1.807, 2.05) is 0 Å². The topological polar surface area (TPSA) is 150 Å². The first-order valence-corrected chi connectivity index (χ1v) is 14.0. The predicted molar refractivity (Wildman–Crippen MR) is 135 cm³/mol. The van der Waals surface area contributed by atoms with Crippen molar-refractivity contribution < 1.29 is 61.7 Å². The minimum absolute atomic E-state index is 0.0367. The van der Waals surface area contributed by atoms with Gasteiger partial charge in [0.25, 0.3) is 0 Å². The molecule has 0 rings (SSSR count). The second kappa shape index (κ2) is 28.5. The Bertz CT molecular complexity index is 545. The van der Waals surface area contributed by atoms with Crippen molar-refractivity contribution in [3.05, 3.63) is 11.4 Å². The van der Waals surface area contributed by atoms with Crippen LogP contribution in [-0.4, -0.2) is 142 Å². The summed E-state index contributed by atoms with van der Waals surface area (Å²) in [5, 5.41) is -0.0367. The Kier molecular flexibility index (Phi) is 28.1. The lowest BCUT2D eigenvalue weighted by Crippen LogP contribution is -2.15. The lowest BCUT2D eigenvalue weighted by atomic mass is 10.5. The average Bonchev–Trinajstić information content (AvgIpc) is 2.87. The SMILES string of the molecule is CC=C(COCCOCCOCCOCCOCCOCCOCCOCCOCCOC)P(=O)(O)O. The number of allylic oxidation sites excluding steroid dienone is 1. The smallest absolute Gasteiger partial charge is 0.354 e. The van der Waals surface area contributed by atoms with Crippen molar-refractivity contribution in [2.24, 2.45) is 0 Å². The molecule has 0 fully saturated rings. The fourth-order valence-corrected chi connectivity index (χ4v) is 3.01. The molecule has 13 nitrogen and oxygen atoms in total. The van der Waals surface area contributed by atoms with Gasteiger partial charge in [-0.1, -0.05) is 6.08 Å². The molecule has 0 aliphatic heterocycles. The van der Waals surface area contributed by atoms with Gasteiger partial charge >= 0.3 is 7.60 Å². The number of hydrogen-bond donors (Lipinski definition) is 2. The molecule has 222 valence electrons. The highest BCUT2D eigenvalue weighted by atomic mass is 31.2. The molecular formula is C23H47O13P. The van der Waals surface area contributed by atoms with Gasteiger partial charge in [0.2, 0.25) is 0 Å². The molecule has 0 amide bonds. The van der Waals surface area contributed by atoms with E-state index in [2.05, 4.69) is 0 Å². The first-order chi connectivity index (χ1) is 18.0. The molecule has 0 atom stereocenters. The molecule has 0 aromatic rings. The summed E-state index contributed by atoms with van der Waals surface area (Å²) in [6.07, 6.45) is 1.36. The molecule has 0 aromatic heterocycles. The van der Waals surface area contributed by atoms with E-state index in [0.717, 1.165) is 0 Å². The molecule has 2 N–H and O–H groups in total. The molecule has 0 unspecified atom stereocenters. The van der Waals surface area contributed by atoms with Crippen molar-refractivity contribution in [2.75, 3.05) is 133 Å². The largest absolute Gasteiger partial charge is 0.382 e. The monoisotopic (exact) mass is 562 g/mol. The Balaban J connectivity index is 3.14. The molecule has 0 radical (unpaired) electrons. The zero-order valence-electron chi connectivity index (χ0n) is 22.3. The van der Waals surface area contributed by atoms with Gasteiger partial charge in [-0.2, -0.15) is 0 Å². The van der Waals surface area contributed by atoms with E-state index < -0.39 is 7.60 Å². The number of hydrogen-bond acceptors (Lipinski definition) is 11. The third-order valence-electron chi connectivity index (χ3n) is 4.37. The normalized spacial score (nSPS) is 12.5. The van der Waals surface area contributed by atoms with Crippen LogP contribution < -0.4 is 0 Å². The molecule has 14 heteroatoms. The van der Waals surface area contributed by atoms with E-state index in [4.69, 9.17) is 57.2 Å². The standard InChI is InChI=1S/C23H47O13P/c1-3-23(37(24,25)26)22-36-21-20-35-19-18-34-17-16-33-15-14-32-13-12-31-11-10-30-9-8-29-7-6-28-5-4-27-2/h3H,4-22H2,1-2H3,(H2,24,25,26). The second-order valence-electron chi connectivity index (χ2n) is 7.27. The number of ether oxygens (including phenoxy) is 10. The minimum Gasteiger partial charge on any atom is -0.382 e. The third kappa shape index (κ3) is 28.3. The van der Waals surface area contributed by atoms with Crippen molar-refractivity contribution in [2.45, 2.75) is 6.92 Å². The van der Waals surface area contributed by atoms with Gasteiger partial charge in [-0.3, -0.25) is 4.57 Å². The van der Waals surface area contributed by atoms with Crippen LogP contribution in [0.4, 0.5) is 0 Å². The first-order valence-electron chi connectivity index (χ1n) is 12.4. The summed E-state index contributed by atoms with van der Waals surface area (Å²) in [7, 11) is -2.60. The van der Waals surface area contributed by atoms with E-state index in [1.54, 1.807) is 14.0 Å². The molecule has 0 bridgehead atoms. The average molecular weight is 563 g/mol. The Morgan fingerprint density at radius 3 is 0.973 bits per heavy atom. The van der Waals surface area contributed by atoms with Crippen molar-refractivity contribution >= 4 is 7.60 Å². The van der Waals surface area contributed by atoms with Gasteiger partial charge < -0.3 is 57.2 Å². The molecule has 0 saturated heterocycles. The van der Waals surface area contributed by atoms with Gasteiger partial charge in [-0.05, 0) is 6.92 Å². The van der Waals surface area contributed by atoms with Gasteiger partial charge in [0.1, 0.15) is 0 Å². The van der Waals surface area contributed by atoms with E-state index in [0.29, 0.717) is 112 Å². The summed E-state index contributed by atoms with van der Waals surface area (Å²) in [4.78, 5) is 18.1. The van der Waals surface area contributed by atoms with Crippen LogP contribution in [0, 0.1) is 0 Å². The van der Waals surface area contributed by atoms with E-state index in [9.17, 15) is 4.57 Å². The number of rotatable bonds is 30. The quantitative estimate of drug-likeness (QED) is 0.0942. The fraction of sp³-hybridized carbons (Fsp3) is 0.913. The summed E-state index contributed by atoms with van der Waals surface area (Å²) < 4.78 is 64.2. The van der Waals surface area contributed by atoms with Crippen molar-refractivity contribution in [3.63, 3.8) is 0 Å². The zero-order chi connectivity index (χ0) is 27.3. The van der Waals surface area contributed by atoms with Crippen molar-refractivity contribution in [1.82, 2.24) is 0 Å². The maximum absolute atomic E-state index is 11.1. The lowest BCUT2D eigenvalue weighted by molar-refractivity contribution is -0.0255. The molecule has 37 heavy (non-hydrogen) atoms. The Morgan fingerprint density at radius 1 is 0.514 bits per heavy atom. The molecule has 0 aliphatic carbocycles. The second-order valence-corrected chi connectivity index (χ2v) is 8.93. The lowest BCUT2D eigenvalue weighted by Gasteiger charge is -2.10. The predicted octanol–water partition coefficient (Wildman–Crippen LogP) is 0.864. The number of methoxy groups -OCH3 is 1. The van der Waals surface area contributed by atoms with Gasteiger partial charge in [-0.25, -0.2) is 0 Å². The zero-order valence-corrected chi connectivity index (χ0v) is 23.2. The van der Waals surface area contributed by atoms with Gasteiger partial charge in [0, 0.05) is 7.11 Å². The molecule has 0 aromatic carbocycles. The van der Waals surface area contributed by atoms with Crippen LogP contribution in [-0.2, 0) is 51.9 Å². The first kappa shape index (κ1) is 36.5. The van der Waals surface area contributed by atoms with Crippen molar-refractivity contribution in [1.29, 1.82) is 0 Å². The summed E-state index contributed by atoms with van der Waals surface area (Å²) >= 11 is 0. The Hall–Kier alpha value is -0.510. The van der Waals surface area contributed by atoms with Crippen LogP contribution >= 0.6 is 7.60 Å². The van der Waals surface area contributed by atoms with E-state index >= 15 is 0 Å². The fourth-order valence-electron chi connectivity index (χ4n) is 2.41. The highest BCUT2D eigenvalue weighted by Crippen LogP contribution is 2.44. The van der Waals surface area contributed by atoms with Gasteiger partial charge in [0.15, 0.2) is 0 Å². The maximum Gasteiger partial charge on any atom is 0.354 e.